The number of rotatable bonds is 4. The lowest BCUT2D eigenvalue weighted by atomic mass is 9.87. The number of esters is 1. The molecule has 0 bridgehead atoms. The molecule has 21 heavy (non-hydrogen) atoms. The van der Waals surface area contributed by atoms with Crippen molar-refractivity contribution in [2.45, 2.75) is 52.4 Å². The number of fused-ring (bicyclic) bond motifs is 1. The van der Waals surface area contributed by atoms with Gasteiger partial charge < -0.3 is 14.6 Å². The van der Waals surface area contributed by atoms with Crippen LogP contribution in [-0.4, -0.2) is 36.0 Å². The van der Waals surface area contributed by atoms with Crippen LogP contribution in [0.4, 0.5) is 0 Å². The first-order chi connectivity index (χ1) is 9.86. The molecule has 4 heteroatoms. The van der Waals surface area contributed by atoms with Gasteiger partial charge in [0, 0.05) is 18.4 Å². The van der Waals surface area contributed by atoms with Gasteiger partial charge in [-0.1, -0.05) is 19.9 Å². The Hall–Kier alpha value is -1.13. The molecule has 2 aliphatic rings. The van der Waals surface area contributed by atoms with Crippen LogP contribution < -0.4 is 0 Å². The molecule has 1 heterocycles. The maximum Gasteiger partial charge on any atom is 0.302 e. The van der Waals surface area contributed by atoms with Gasteiger partial charge in [-0.25, -0.2) is 0 Å². The Morgan fingerprint density at radius 2 is 2.24 bits per heavy atom. The van der Waals surface area contributed by atoms with Gasteiger partial charge in [0.1, 0.15) is 12.7 Å². The van der Waals surface area contributed by atoms with Gasteiger partial charge in [-0.05, 0) is 30.8 Å². The van der Waals surface area contributed by atoms with E-state index in [0.29, 0.717) is 5.92 Å². The second kappa shape index (κ2) is 6.32. The van der Waals surface area contributed by atoms with Crippen LogP contribution in [-0.2, 0) is 14.3 Å². The predicted molar refractivity (Wildman–Crippen MR) is 80.6 cm³/mol. The molecular formula is C17H26O4. The first-order valence-electron chi connectivity index (χ1n) is 7.69. The van der Waals surface area contributed by atoms with Crippen molar-refractivity contribution in [3.8, 4) is 0 Å². The summed E-state index contributed by atoms with van der Waals surface area (Å²) in [6.07, 6.45) is 1.92. The van der Waals surface area contributed by atoms with Crippen molar-refractivity contribution in [2.75, 3.05) is 6.61 Å². The Bertz CT molecular complexity index is 452. The SMILES string of the molecule is C=C[C@@H]1O[C@H](C)[C@@H]2C[C@H](C(C)C)[C@@H](O)C2=C1COC(C)=O. The first kappa shape index (κ1) is 16.2. The Labute approximate surface area is 126 Å². The summed E-state index contributed by atoms with van der Waals surface area (Å²) in [7, 11) is 0. The van der Waals surface area contributed by atoms with Gasteiger partial charge >= 0.3 is 5.97 Å². The summed E-state index contributed by atoms with van der Waals surface area (Å²) < 4.78 is 11.2. The number of ether oxygens (including phenoxy) is 2. The summed E-state index contributed by atoms with van der Waals surface area (Å²) in [5, 5.41) is 10.7. The molecule has 4 nitrogen and oxygen atoms in total. The number of aliphatic hydroxyl groups excluding tert-OH is 1. The van der Waals surface area contributed by atoms with Crippen molar-refractivity contribution < 1.29 is 19.4 Å². The van der Waals surface area contributed by atoms with E-state index >= 15 is 0 Å². The van der Waals surface area contributed by atoms with E-state index in [4.69, 9.17) is 9.47 Å². The van der Waals surface area contributed by atoms with E-state index in [1.165, 1.54) is 6.92 Å². The van der Waals surface area contributed by atoms with E-state index < -0.39 is 6.10 Å². The van der Waals surface area contributed by atoms with Gasteiger partial charge in [-0.3, -0.25) is 4.79 Å². The molecule has 0 amide bonds. The van der Waals surface area contributed by atoms with Crippen LogP contribution >= 0.6 is 0 Å². The summed E-state index contributed by atoms with van der Waals surface area (Å²) in [5.74, 6) is 0.512. The van der Waals surface area contributed by atoms with E-state index in [9.17, 15) is 9.90 Å². The van der Waals surface area contributed by atoms with Crippen molar-refractivity contribution in [3.05, 3.63) is 23.8 Å². The molecule has 1 saturated carbocycles. The summed E-state index contributed by atoms with van der Waals surface area (Å²) >= 11 is 0. The van der Waals surface area contributed by atoms with Crippen molar-refractivity contribution in [1.29, 1.82) is 0 Å². The number of carbonyl (C=O) groups is 1. The molecule has 0 unspecified atom stereocenters. The zero-order valence-electron chi connectivity index (χ0n) is 13.3. The maximum absolute atomic E-state index is 11.1. The minimum atomic E-state index is -0.477. The third kappa shape index (κ3) is 3.06. The van der Waals surface area contributed by atoms with Crippen LogP contribution in [0.1, 0.15) is 34.1 Å². The van der Waals surface area contributed by atoms with Crippen LogP contribution in [0.3, 0.4) is 0 Å². The highest BCUT2D eigenvalue weighted by atomic mass is 16.5. The monoisotopic (exact) mass is 294 g/mol. The Kier molecular flexibility index (Phi) is 4.89. The van der Waals surface area contributed by atoms with Gasteiger partial charge in [0.2, 0.25) is 0 Å². The van der Waals surface area contributed by atoms with E-state index in [2.05, 4.69) is 20.4 Å². The Morgan fingerprint density at radius 3 is 2.76 bits per heavy atom. The summed E-state index contributed by atoms with van der Waals surface area (Å²) in [6, 6.07) is 0. The van der Waals surface area contributed by atoms with Crippen LogP contribution in [0, 0.1) is 17.8 Å². The number of hydrogen-bond donors (Lipinski definition) is 1. The Morgan fingerprint density at radius 1 is 1.57 bits per heavy atom. The van der Waals surface area contributed by atoms with Crippen molar-refractivity contribution in [1.82, 2.24) is 0 Å². The topological polar surface area (TPSA) is 55.8 Å². The molecule has 0 radical (unpaired) electrons. The molecule has 0 aromatic rings. The van der Waals surface area contributed by atoms with E-state index in [1.54, 1.807) is 6.08 Å². The lowest BCUT2D eigenvalue weighted by Crippen LogP contribution is -2.36. The van der Waals surface area contributed by atoms with Crippen LogP contribution in [0.2, 0.25) is 0 Å². The Balaban J connectivity index is 2.38. The summed E-state index contributed by atoms with van der Waals surface area (Å²) in [5.41, 5.74) is 1.89. The second-order valence-electron chi connectivity index (χ2n) is 6.45. The van der Waals surface area contributed by atoms with Gasteiger partial charge in [-0.15, -0.1) is 6.58 Å². The summed E-state index contributed by atoms with van der Waals surface area (Å²) in [6.45, 7) is 11.7. The smallest absolute Gasteiger partial charge is 0.302 e. The van der Waals surface area contributed by atoms with Crippen LogP contribution in [0.5, 0.6) is 0 Å². The van der Waals surface area contributed by atoms with E-state index in [1.807, 2.05) is 6.92 Å². The average Bonchev–Trinajstić information content (AvgIpc) is 2.76. The van der Waals surface area contributed by atoms with Gasteiger partial charge in [-0.2, -0.15) is 0 Å². The molecule has 0 saturated heterocycles. The normalized spacial score (nSPS) is 35.8. The highest BCUT2D eigenvalue weighted by molar-refractivity contribution is 5.66. The molecule has 118 valence electrons. The average molecular weight is 294 g/mol. The fraction of sp³-hybridized carbons (Fsp3) is 0.706. The number of carbonyl (C=O) groups excluding carboxylic acids is 1. The van der Waals surface area contributed by atoms with E-state index in [-0.39, 0.29) is 36.6 Å². The molecule has 0 aromatic carbocycles. The minimum Gasteiger partial charge on any atom is -0.461 e. The van der Waals surface area contributed by atoms with Crippen LogP contribution in [0.25, 0.3) is 0 Å². The third-order valence-corrected chi connectivity index (χ3v) is 4.79. The zero-order valence-corrected chi connectivity index (χ0v) is 13.3. The van der Waals surface area contributed by atoms with Gasteiger partial charge in [0.25, 0.3) is 0 Å². The van der Waals surface area contributed by atoms with Crippen molar-refractivity contribution >= 4 is 5.97 Å². The lowest BCUT2D eigenvalue weighted by molar-refractivity contribution is -0.140. The molecule has 2 rings (SSSR count). The molecule has 1 fully saturated rings. The molecule has 1 aliphatic heterocycles. The highest BCUT2D eigenvalue weighted by Crippen LogP contribution is 2.47. The molecule has 1 N–H and O–H groups in total. The van der Waals surface area contributed by atoms with Crippen molar-refractivity contribution in [2.24, 2.45) is 17.8 Å². The fourth-order valence-corrected chi connectivity index (χ4v) is 3.62. The quantitative estimate of drug-likeness (QED) is 0.639. The molecule has 0 spiro atoms. The lowest BCUT2D eigenvalue weighted by Gasteiger charge is -2.35. The first-order valence-corrected chi connectivity index (χ1v) is 7.69. The maximum atomic E-state index is 11.1. The zero-order chi connectivity index (χ0) is 15.7. The minimum absolute atomic E-state index is 0.0440. The number of aliphatic hydroxyl groups is 1. The highest BCUT2D eigenvalue weighted by Gasteiger charge is 2.47. The molecule has 0 aromatic heterocycles. The van der Waals surface area contributed by atoms with Gasteiger partial charge in [0.15, 0.2) is 0 Å². The van der Waals surface area contributed by atoms with Crippen LogP contribution in [0.15, 0.2) is 23.8 Å². The largest absolute Gasteiger partial charge is 0.461 e. The van der Waals surface area contributed by atoms with Crippen molar-refractivity contribution in [3.63, 3.8) is 0 Å². The van der Waals surface area contributed by atoms with E-state index in [0.717, 1.165) is 17.6 Å². The standard InChI is InChI=1S/C17H26O4/c1-6-15-14(8-20-11(5)18)16-13(10(4)21-15)7-12(9(2)3)17(16)19/h6,9-10,12-13,15,17,19H,1,7-8H2,2-5H3/t10-,12-,13+,15+,17-/m1/s1. The number of hydrogen-bond acceptors (Lipinski definition) is 4. The summed E-state index contributed by atoms with van der Waals surface area (Å²) in [4.78, 5) is 11.1. The molecular weight excluding hydrogens is 268 g/mol. The fourth-order valence-electron chi connectivity index (χ4n) is 3.62. The molecule has 1 aliphatic carbocycles. The second-order valence-corrected chi connectivity index (χ2v) is 6.45. The predicted octanol–water partition coefficient (Wildman–Crippen LogP) is 2.47. The third-order valence-electron chi connectivity index (χ3n) is 4.79. The van der Waals surface area contributed by atoms with Gasteiger partial charge in [0.05, 0.1) is 12.2 Å². The molecule has 5 atom stereocenters.